The van der Waals surface area contributed by atoms with Crippen LogP contribution in [0.25, 0.3) is 0 Å². The zero-order chi connectivity index (χ0) is 13.0. The van der Waals surface area contributed by atoms with Crippen LogP contribution in [0, 0.1) is 6.92 Å². The third kappa shape index (κ3) is 3.59. The molecule has 1 aromatic carbocycles. The van der Waals surface area contributed by atoms with Gasteiger partial charge in [-0.3, -0.25) is 4.52 Å². The molecule has 18 heavy (non-hydrogen) atoms. The van der Waals surface area contributed by atoms with E-state index >= 15 is 0 Å². The molecule has 0 fully saturated rings. The van der Waals surface area contributed by atoms with Crippen LogP contribution in [0.3, 0.4) is 0 Å². The van der Waals surface area contributed by atoms with Gasteiger partial charge in [-0.2, -0.15) is 0 Å². The molecular formula is C12H13N3O2S. The monoisotopic (exact) mass is 263 g/mol. The van der Waals surface area contributed by atoms with Crippen LogP contribution in [-0.2, 0) is 7.05 Å². The minimum Gasteiger partial charge on any atom is -0.861 e. The second kappa shape index (κ2) is 5.68. The van der Waals surface area contributed by atoms with E-state index in [9.17, 15) is 5.11 Å². The predicted octanol–water partition coefficient (Wildman–Crippen LogP) is 0.990. The van der Waals surface area contributed by atoms with Crippen molar-refractivity contribution >= 4 is 23.5 Å². The number of hydrogen-bond acceptors (Lipinski definition) is 5. The zero-order valence-electron chi connectivity index (χ0n) is 10.2. The van der Waals surface area contributed by atoms with Gasteiger partial charge in [0, 0.05) is 10.6 Å². The zero-order valence-corrected chi connectivity index (χ0v) is 11.0. The van der Waals surface area contributed by atoms with Gasteiger partial charge in [0.2, 0.25) is 0 Å². The van der Waals surface area contributed by atoms with Gasteiger partial charge in [0.15, 0.2) is 12.3 Å². The quantitative estimate of drug-likeness (QED) is 0.357. The van der Waals surface area contributed by atoms with Gasteiger partial charge in [0.25, 0.3) is 6.20 Å². The van der Waals surface area contributed by atoms with Crippen molar-refractivity contribution in [1.29, 1.82) is 0 Å². The molecule has 1 aromatic heterocycles. The van der Waals surface area contributed by atoms with E-state index in [1.807, 2.05) is 31.2 Å². The number of benzene rings is 1. The molecule has 0 bridgehead atoms. The van der Waals surface area contributed by atoms with E-state index in [2.05, 4.69) is 10.3 Å². The number of rotatable bonds is 4. The third-order valence-electron chi connectivity index (χ3n) is 2.18. The third-order valence-corrected chi connectivity index (χ3v) is 3.18. The number of hydrogen-bond donors (Lipinski definition) is 0. The molecule has 0 radical (unpaired) electrons. The fourth-order valence-corrected chi connectivity index (χ4v) is 1.98. The number of aromatic nitrogens is 2. The highest BCUT2D eigenvalue weighted by Crippen LogP contribution is 2.18. The molecule has 0 N–H and O–H groups in total. The molecule has 0 atom stereocenters. The molecule has 0 saturated heterocycles. The lowest BCUT2D eigenvalue weighted by Gasteiger charge is -2.08. The molecule has 0 aliphatic rings. The summed E-state index contributed by atoms with van der Waals surface area (Å²) in [5.41, 5.74) is 1.20. The fraction of sp³-hybridized carbons (Fsp3) is 0.250. The van der Waals surface area contributed by atoms with E-state index < -0.39 is 0 Å². The van der Waals surface area contributed by atoms with Crippen LogP contribution in [0.2, 0.25) is 0 Å². The number of aryl methyl sites for hydroxylation is 2. The van der Waals surface area contributed by atoms with E-state index in [4.69, 9.17) is 4.52 Å². The second-order valence-corrected chi connectivity index (χ2v) is 4.87. The van der Waals surface area contributed by atoms with Crippen molar-refractivity contribution in [2.75, 3.05) is 5.75 Å². The SMILES string of the molecule is Cc1ccc(SC/C([O-])=N/c2c[n+](C)no2)cc1. The molecule has 5 nitrogen and oxygen atoms in total. The van der Waals surface area contributed by atoms with Crippen LogP contribution in [0.15, 0.2) is 44.9 Å². The summed E-state index contributed by atoms with van der Waals surface area (Å²) in [6.45, 7) is 2.03. The van der Waals surface area contributed by atoms with Crippen LogP contribution < -0.4 is 9.79 Å². The molecule has 0 amide bonds. The Morgan fingerprint density at radius 2 is 2.17 bits per heavy atom. The maximum absolute atomic E-state index is 11.6. The first-order valence-corrected chi connectivity index (χ1v) is 6.39. The van der Waals surface area contributed by atoms with E-state index in [0.717, 1.165) is 4.90 Å². The van der Waals surface area contributed by atoms with Gasteiger partial charge in [-0.15, -0.1) is 11.8 Å². The second-order valence-electron chi connectivity index (χ2n) is 3.82. The van der Waals surface area contributed by atoms with E-state index in [-0.39, 0.29) is 17.5 Å². The van der Waals surface area contributed by atoms with Gasteiger partial charge in [-0.1, -0.05) is 22.4 Å². The lowest BCUT2D eigenvalue weighted by Crippen LogP contribution is -2.27. The molecule has 0 aliphatic heterocycles. The smallest absolute Gasteiger partial charge is 0.320 e. The fourth-order valence-electron chi connectivity index (χ4n) is 1.30. The van der Waals surface area contributed by atoms with Crippen LogP contribution in [0.5, 0.6) is 0 Å². The summed E-state index contributed by atoms with van der Waals surface area (Å²) in [5, 5.41) is 15.2. The van der Waals surface area contributed by atoms with Crippen LogP contribution in [0.4, 0.5) is 5.88 Å². The van der Waals surface area contributed by atoms with Gasteiger partial charge < -0.3 is 5.11 Å². The first kappa shape index (κ1) is 12.6. The maximum atomic E-state index is 11.6. The van der Waals surface area contributed by atoms with Crippen LogP contribution in [0.1, 0.15) is 5.56 Å². The molecule has 0 saturated carbocycles. The minimum atomic E-state index is -0.239. The van der Waals surface area contributed by atoms with Crippen molar-refractivity contribution in [3.8, 4) is 0 Å². The molecule has 0 aliphatic carbocycles. The largest absolute Gasteiger partial charge is 0.861 e. The van der Waals surface area contributed by atoms with Crippen molar-refractivity contribution < 1.29 is 14.3 Å². The lowest BCUT2D eigenvalue weighted by atomic mass is 10.2. The van der Waals surface area contributed by atoms with E-state index in [1.165, 1.54) is 22.0 Å². The summed E-state index contributed by atoms with van der Waals surface area (Å²) >= 11 is 1.45. The van der Waals surface area contributed by atoms with Gasteiger partial charge in [-0.25, -0.2) is 4.99 Å². The Morgan fingerprint density at radius 1 is 1.44 bits per heavy atom. The molecule has 2 aromatic rings. The molecular weight excluding hydrogens is 250 g/mol. The van der Waals surface area contributed by atoms with E-state index in [0.29, 0.717) is 0 Å². The summed E-state index contributed by atoms with van der Waals surface area (Å²) in [4.78, 5) is 4.85. The molecule has 1 heterocycles. The first-order chi connectivity index (χ1) is 8.63. The first-order valence-electron chi connectivity index (χ1n) is 5.40. The average Bonchev–Trinajstić information content (AvgIpc) is 2.74. The van der Waals surface area contributed by atoms with Crippen molar-refractivity contribution in [3.05, 3.63) is 36.0 Å². The Labute approximate surface area is 109 Å². The van der Waals surface area contributed by atoms with Crippen molar-refractivity contribution in [2.24, 2.45) is 12.0 Å². The predicted molar refractivity (Wildman–Crippen MR) is 66.7 cm³/mol. The topological polar surface area (TPSA) is 65.3 Å². The van der Waals surface area contributed by atoms with Gasteiger partial charge in [0.1, 0.15) is 0 Å². The Balaban J connectivity index is 1.93. The normalized spacial score (nSPS) is 11.8. The lowest BCUT2D eigenvalue weighted by molar-refractivity contribution is -0.739. The molecule has 94 valence electrons. The Morgan fingerprint density at radius 3 is 2.78 bits per heavy atom. The summed E-state index contributed by atoms with van der Waals surface area (Å²) in [6.07, 6.45) is 1.55. The van der Waals surface area contributed by atoms with Gasteiger partial charge in [-0.05, 0) is 25.0 Å². The van der Waals surface area contributed by atoms with E-state index in [1.54, 1.807) is 13.2 Å². The van der Waals surface area contributed by atoms with Crippen LogP contribution in [-0.4, -0.2) is 16.9 Å². The number of thioether (sulfide) groups is 1. The van der Waals surface area contributed by atoms with Crippen molar-refractivity contribution in [3.63, 3.8) is 0 Å². The van der Waals surface area contributed by atoms with Crippen molar-refractivity contribution in [1.82, 2.24) is 5.27 Å². The highest BCUT2D eigenvalue weighted by atomic mass is 32.2. The minimum absolute atomic E-state index is 0.229. The Kier molecular flexibility index (Phi) is 3.99. The van der Waals surface area contributed by atoms with Gasteiger partial charge >= 0.3 is 5.88 Å². The molecule has 6 heteroatoms. The van der Waals surface area contributed by atoms with Crippen molar-refractivity contribution in [2.45, 2.75) is 11.8 Å². The van der Waals surface area contributed by atoms with Crippen LogP contribution >= 0.6 is 11.8 Å². The summed E-state index contributed by atoms with van der Waals surface area (Å²) in [6, 6.07) is 8.00. The highest BCUT2D eigenvalue weighted by Gasteiger charge is 2.03. The number of nitrogens with zero attached hydrogens (tertiary/aromatic N) is 3. The highest BCUT2D eigenvalue weighted by molar-refractivity contribution is 8.00. The van der Waals surface area contributed by atoms with Gasteiger partial charge in [0.05, 0.1) is 0 Å². The average molecular weight is 263 g/mol. The maximum Gasteiger partial charge on any atom is 0.320 e. The Hall–Kier alpha value is -1.82. The summed E-state index contributed by atoms with van der Waals surface area (Å²) in [5.74, 6) is 0.275. The molecule has 2 rings (SSSR count). The molecule has 0 spiro atoms. The Bertz CT molecular complexity index is 549. The summed E-state index contributed by atoms with van der Waals surface area (Å²) in [7, 11) is 1.70. The summed E-state index contributed by atoms with van der Waals surface area (Å²) < 4.78 is 6.28. The standard InChI is InChI=1S/C12H13N3O2S/c1-9-3-5-10(6-4-9)18-8-11(16)13-12-7-15(2)14-17-12/h3-7H,8H2,1-2H3. The number of aliphatic imine (C=N–C) groups is 1. The molecule has 0 unspecified atom stereocenters.